The Hall–Kier alpha value is -3.94. The summed E-state index contributed by atoms with van der Waals surface area (Å²) in [5.74, 6) is 1.18. The maximum atomic E-state index is 12.3. The Morgan fingerprint density at radius 1 is 0.931 bits per heavy atom. The molecule has 0 atom stereocenters. The molecule has 29 heavy (non-hydrogen) atoms. The van der Waals surface area contributed by atoms with Crippen molar-refractivity contribution in [2.24, 2.45) is 0 Å². The zero-order chi connectivity index (χ0) is 20.1. The van der Waals surface area contributed by atoms with Crippen molar-refractivity contribution < 1.29 is 4.79 Å². The molecule has 146 valence electrons. The SMILES string of the molecule is Cc1ccn(-c2ccc(NCCNC(=O)c3ccc(-n4cccc4)cc3)nn2)n1. The summed E-state index contributed by atoms with van der Waals surface area (Å²) in [4.78, 5) is 12.3. The minimum absolute atomic E-state index is 0.110. The van der Waals surface area contributed by atoms with Gasteiger partial charge in [-0.15, -0.1) is 10.2 Å². The number of carbonyl (C=O) groups excluding carboxylic acids is 1. The third-order valence-corrected chi connectivity index (χ3v) is 4.36. The largest absolute Gasteiger partial charge is 0.367 e. The van der Waals surface area contributed by atoms with Crippen LogP contribution in [0.4, 0.5) is 5.82 Å². The smallest absolute Gasteiger partial charge is 0.251 e. The lowest BCUT2D eigenvalue weighted by Crippen LogP contribution is -2.28. The molecule has 2 N–H and O–H groups in total. The van der Waals surface area contributed by atoms with E-state index in [0.29, 0.717) is 30.3 Å². The first-order valence-corrected chi connectivity index (χ1v) is 9.31. The normalized spacial score (nSPS) is 10.7. The van der Waals surface area contributed by atoms with E-state index in [0.717, 1.165) is 11.4 Å². The molecule has 8 heteroatoms. The summed E-state index contributed by atoms with van der Waals surface area (Å²) in [6, 6.07) is 17.0. The molecule has 0 aliphatic carbocycles. The molecule has 0 spiro atoms. The van der Waals surface area contributed by atoms with Gasteiger partial charge in [0.2, 0.25) is 0 Å². The highest BCUT2D eigenvalue weighted by molar-refractivity contribution is 5.94. The monoisotopic (exact) mass is 387 g/mol. The summed E-state index contributed by atoms with van der Waals surface area (Å²) in [6.45, 7) is 2.94. The van der Waals surface area contributed by atoms with Gasteiger partial charge in [0.15, 0.2) is 5.82 Å². The van der Waals surface area contributed by atoms with Crippen molar-refractivity contribution in [2.45, 2.75) is 6.92 Å². The lowest BCUT2D eigenvalue weighted by molar-refractivity contribution is 0.0955. The van der Waals surface area contributed by atoms with Gasteiger partial charge in [-0.2, -0.15) is 5.10 Å². The summed E-state index contributed by atoms with van der Waals surface area (Å²) < 4.78 is 3.67. The number of anilines is 1. The number of aromatic nitrogens is 5. The molecule has 3 heterocycles. The lowest BCUT2D eigenvalue weighted by atomic mass is 10.2. The molecule has 0 aliphatic rings. The molecular weight excluding hydrogens is 366 g/mol. The Labute approximate surface area is 168 Å². The van der Waals surface area contributed by atoms with Crippen LogP contribution in [0.25, 0.3) is 11.5 Å². The minimum Gasteiger partial charge on any atom is -0.367 e. The summed E-state index contributed by atoms with van der Waals surface area (Å²) in [5, 5.41) is 18.6. The molecule has 0 saturated heterocycles. The highest BCUT2D eigenvalue weighted by Gasteiger charge is 2.06. The van der Waals surface area contributed by atoms with Gasteiger partial charge in [0.05, 0.1) is 5.69 Å². The molecule has 0 bridgehead atoms. The quantitative estimate of drug-likeness (QED) is 0.476. The standard InChI is InChI=1S/C21H21N7O/c1-16-10-15-28(26-16)20-9-8-19(24-25-20)22-11-12-23-21(29)17-4-6-18(7-5-17)27-13-2-3-14-27/h2-10,13-15H,11-12H2,1H3,(H,22,24)(H,23,29). The Bertz CT molecular complexity index is 1070. The van der Waals surface area contributed by atoms with Crippen LogP contribution in [0.1, 0.15) is 16.1 Å². The highest BCUT2D eigenvalue weighted by atomic mass is 16.1. The van der Waals surface area contributed by atoms with Crippen LogP contribution in [-0.2, 0) is 0 Å². The average Bonchev–Trinajstić information content (AvgIpc) is 3.44. The van der Waals surface area contributed by atoms with Gasteiger partial charge in [-0.05, 0) is 61.5 Å². The van der Waals surface area contributed by atoms with E-state index in [1.54, 1.807) is 4.68 Å². The van der Waals surface area contributed by atoms with Gasteiger partial charge in [-0.25, -0.2) is 4.68 Å². The fraction of sp³-hybridized carbons (Fsp3) is 0.143. The second-order valence-corrected chi connectivity index (χ2v) is 6.50. The second-order valence-electron chi connectivity index (χ2n) is 6.50. The van der Waals surface area contributed by atoms with Crippen molar-refractivity contribution in [3.63, 3.8) is 0 Å². The second kappa shape index (κ2) is 8.39. The highest BCUT2D eigenvalue weighted by Crippen LogP contribution is 2.10. The van der Waals surface area contributed by atoms with Gasteiger partial charge in [0.1, 0.15) is 5.82 Å². The molecule has 0 fully saturated rings. The fourth-order valence-electron chi connectivity index (χ4n) is 2.84. The van der Waals surface area contributed by atoms with Gasteiger partial charge in [-0.1, -0.05) is 0 Å². The van der Waals surface area contributed by atoms with Crippen LogP contribution < -0.4 is 10.6 Å². The van der Waals surface area contributed by atoms with Crippen LogP contribution in [0.3, 0.4) is 0 Å². The average molecular weight is 387 g/mol. The molecule has 0 saturated carbocycles. The van der Waals surface area contributed by atoms with Gasteiger partial charge >= 0.3 is 0 Å². The van der Waals surface area contributed by atoms with Crippen LogP contribution in [0, 0.1) is 6.92 Å². The summed E-state index contributed by atoms with van der Waals surface area (Å²) in [7, 11) is 0. The van der Waals surface area contributed by atoms with Gasteiger partial charge < -0.3 is 15.2 Å². The first-order valence-electron chi connectivity index (χ1n) is 9.31. The molecule has 4 aromatic rings. The van der Waals surface area contributed by atoms with Crippen molar-refractivity contribution in [1.29, 1.82) is 0 Å². The molecule has 0 aliphatic heterocycles. The molecule has 3 aromatic heterocycles. The first-order chi connectivity index (χ1) is 14.2. The number of nitrogens with zero attached hydrogens (tertiary/aromatic N) is 5. The number of aryl methyl sites for hydroxylation is 1. The van der Waals surface area contributed by atoms with Crippen molar-refractivity contribution in [2.75, 3.05) is 18.4 Å². The Morgan fingerprint density at radius 2 is 1.72 bits per heavy atom. The number of rotatable bonds is 7. The number of carbonyl (C=O) groups is 1. The fourth-order valence-corrected chi connectivity index (χ4v) is 2.84. The van der Waals surface area contributed by atoms with Gasteiger partial charge in [0, 0.05) is 42.9 Å². The number of hydrogen-bond acceptors (Lipinski definition) is 5. The number of nitrogens with one attached hydrogen (secondary N) is 2. The van der Waals surface area contributed by atoms with E-state index >= 15 is 0 Å². The summed E-state index contributed by atoms with van der Waals surface area (Å²) >= 11 is 0. The molecule has 4 rings (SSSR count). The van der Waals surface area contributed by atoms with E-state index in [-0.39, 0.29) is 5.91 Å². The molecule has 1 aromatic carbocycles. The Morgan fingerprint density at radius 3 is 2.38 bits per heavy atom. The van der Waals surface area contributed by atoms with E-state index in [9.17, 15) is 4.79 Å². The predicted octanol–water partition coefficient (Wildman–Crippen LogP) is 2.60. The van der Waals surface area contributed by atoms with Crippen molar-refractivity contribution in [1.82, 2.24) is 29.9 Å². The van der Waals surface area contributed by atoms with Crippen LogP contribution >= 0.6 is 0 Å². The third kappa shape index (κ3) is 4.49. The minimum atomic E-state index is -0.110. The summed E-state index contributed by atoms with van der Waals surface area (Å²) in [6.07, 6.45) is 5.77. The molecule has 1 amide bonds. The summed E-state index contributed by atoms with van der Waals surface area (Å²) in [5.41, 5.74) is 2.56. The van der Waals surface area contributed by atoms with Crippen molar-refractivity contribution >= 4 is 11.7 Å². The first kappa shape index (κ1) is 18.4. The van der Waals surface area contributed by atoms with E-state index in [4.69, 9.17) is 0 Å². The van der Waals surface area contributed by atoms with Crippen LogP contribution in [0.15, 0.2) is 73.2 Å². The third-order valence-electron chi connectivity index (χ3n) is 4.36. The number of benzene rings is 1. The van der Waals surface area contributed by atoms with E-state index in [1.807, 2.05) is 84.7 Å². The zero-order valence-electron chi connectivity index (χ0n) is 16.0. The zero-order valence-corrected chi connectivity index (χ0v) is 16.0. The Balaban J connectivity index is 1.24. The predicted molar refractivity (Wildman–Crippen MR) is 110 cm³/mol. The maximum absolute atomic E-state index is 12.3. The van der Waals surface area contributed by atoms with E-state index in [2.05, 4.69) is 25.9 Å². The molecule has 0 radical (unpaired) electrons. The molecule has 8 nitrogen and oxygen atoms in total. The van der Waals surface area contributed by atoms with Gasteiger partial charge in [-0.3, -0.25) is 4.79 Å². The number of amides is 1. The van der Waals surface area contributed by atoms with Gasteiger partial charge in [0.25, 0.3) is 5.91 Å². The van der Waals surface area contributed by atoms with Crippen LogP contribution in [-0.4, -0.2) is 43.5 Å². The van der Waals surface area contributed by atoms with Crippen LogP contribution in [0.5, 0.6) is 0 Å². The lowest BCUT2D eigenvalue weighted by Gasteiger charge is -2.08. The maximum Gasteiger partial charge on any atom is 0.251 e. The molecule has 0 unspecified atom stereocenters. The Kier molecular flexibility index (Phi) is 5.33. The van der Waals surface area contributed by atoms with E-state index < -0.39 is 0 Å². The topological polar surface area (TPSA) is 89.7 Å². The number of hydrogen-bond donors (Lipinski definition) is 2. The molecular formula is C21H21N7O. The van der Waals surface area contributed by atoms with Crippen molar-refractivity contribution in [3.8, 4) is 11.5 Å². The van der Waals surface area contributed by atoms with E-state index in [1.165, 1.54) is 0 Å². The van der Waals surface area contributed by atoms with Crippen LogP contribution in [0.2, 0.25) is 0 Å². The van der Waals surface area contributed by atoms with Crippen molar-refractivity contribution in [3.05, 3.63) is 84.4 Å².